The molecule has 3 aromatic rings. The summed E-state index contributed by atoms with van der Waals surface area (Å²) in [6.07, 6.45) is 0. The molecule has 0 aromatic heterocycles. The van der Waals surface area contributed by atoms with Crippen LogP contribution >= 0.6 is 0 Å². The maximum Gasteiger partial charge on any atom is 0.350 e. The van der Waals surface area contributed by atoms with Crippen molar-refractivity contribution in [2.45, 2.75) is 6.92 Å². The molecule has 24 heavy (non-hydrogen) atoms. The van der Waals surface area contributed by atoms with Crippen molar-refractivity contribution < 1.29 is 19.1 Å². The van der Waals surface area contributed by atoms with Crippen molar-refractivity contribution in [3.05, 3.63) is 65.7 Å². The van der Waals surface area contributed by atoms with Crippen LogP contribution in [0.2, 0.25) is 0 Å². The normalized spacial score (nSPS) is 13.0. The SMILES string of the molecule is CCOc1c2c(c(-c3ccccc3)c3ccccc13)C(=O)OC2=O. The van der Waals surface area contributed by atoms with Gasteiger partial charge in [-0.1, -0.05) is 54.6 Å². The molecular weight excluding hydrogens is 304 g/mol. The predicted molar refractivity (Wildman–Crippen MR) is 90.3 cm³/mol. The summed E-state index contributed by atoms with van der Waals surface area (Å²) >= 11 is 0. The van der Waals surface area contributed by atoms with E-state index in [0.717, 1.165) is 16.3 Å². The van der Waals surface area contributed by atoms with Crippen LogP contribution in [-0.4, -0.2) is 18.5 Å². The van der Waals surface area contributed by atoms with E-state index >= 15 is 0 Å². The number of esters is 2. The fourth-order valence-electron chi connectivity index (χ4n) is 3.19. The van der Waals surface area contributed by atoms with Crippen LogP contribution in [0.15, 0.2) is 54.6 Å². The van der Waals surface area contributed by atoms with Crippen LogP contribution in [0.5, 0.6) is 5.75 Å². The van der Waals surface area contributed by atoms with Crippen LogP contribution in [0.4, 0.5) is 0 Å². The van der Waals surface area contributed by atoms with E-state index in [-0.39, 0.29) is 11.1 Å². The van der Waals surface area contributed by atoms with Gasteiger partial charge in [-0.05, 0) is 17.9 Å². The van der Waals surface area contributed by atoms with Crippen LogP contribution in [0, 0.1) is 0 Å². The van der Waals surface area contributed by atoms with E-state index < -0.39 is 11.9 Å². The average molecular weight is 318 g/mol. The van der Waals surface area contributed by atoms with Crippen molar-refractivity contribution in [2.75, 3.05) is 6.61 Å². The Kier molecular flexibility index (Phi) is 3.31. The fourth-order valence-corrected chi connectivity index (χ4v) is 3.19. The Morgan fingerprint density at radius 2 is 1.42 bits per heavy atom. The average Bonchev–Trinajstić information content (AvgIpc) is 2.90. The molecule has 0 radical (unpaired) electrons. The quantitative estimate of drug-likeness (QED) is 0.536. The highest BCUT2D eigenvalue weighted by Gasteiger charge is 2.38. The zero-order valence-electron chi connectivity index (χ0n) is 13.0. The summed E-state index contributed by atoms with van der Waals surface area (Å²) in [6, 6.07) is 17.1. The standard InChI is InChI=1S/C20H14O4/c1-2-23-18-14-11-7-6-10-13(14)15(12-8-4-3-5-9-12)16-17(18)20(22)24-19(16)21/h3-11H,2H2,1H3. The molecule has 4 nitrogen and oxygen atoms in total. The summed E-state index contributed by atoms with van der Waals surface area (Å²) < 4.78 is 10.6. The Hall–Kier alpha value is -3.14. The Morgan fingerprint density at radius 1 is 0.792 bits per heavy atom. The number of hydrogen-bond acceptors (Lipinski definition) is 4. The van der Waals surface area contributed by atoms with E-state index in [9.17, 15) is 9.59 Å². The lowest BCUT2D eigenvalue weighted by Gasteiger charge is -2.15. The third-order valence-electron chi connectivity index (χ3n) is 4.11. The third kappa shape index (κ3) is 2.00. The van der Waals surface area contributed by atoms with Gasteiger partial charge in [-0.2, -0.15) is 0 Å². The number of cyclic esters (lactones) is 2. The number of fused-ring (bicyclic) bond motifs is 2. The van der Waals surface area contributed by atoms with E-state index in [4.69, 9.17) is 9.47 Å². The summed E-state index contributed by atoms with van der Waals surface area (Å²) in [5.41, 5.74) is 2.08. The summed E-state index contributed by atoms with van der Waals surface area (Å²) in [7, 11) is 0. The molecule has 0 spiro atoms. The maximum absolute atomic E-state index is 12.4. The predicted octanol–water partition coefficient (Wildman–Crippen LogP) is 4.22. The molecule has 0 atom stereocenters. The first-order chi connectivity index (χ1) is 11.7. The van der Waals surface area contributed by atoms with Crippen molar-refractivity contribution in [1.82, 2.24) is 0 Å². The highest BCUT2D eigenvalue weighted by molar-refractivity contribution is 6.24. The molecule has 1 aliphatic rings. The van der Waals surface area contributed by atoms with Gasteiger partial charge >= 0.3 is 11.9 Å². The largest absolute Gasteiger partial charge is 0.492 e. The number of ether oxygens (including phenoxy) is 2. The topological polar surface area (TPSA) is 52.6 Å². The second-order valence-corrected chi connectivity index (χ2v) is 5.48. The molecule has 0 aliphatic carbocycles. The smallest absolute Gasteiger partial charge is 0.350 e. The van der Waals surface area contributed by atoms with E-state index in [1.54, 1.807) is 0 Å². The molecule has 0 fully saturated rings. The lowest BCUT2D eigenvalue weighted by molar-refractivity contribution is 0.0443. The van der Waals surface area contributed by atoms with Gasteiger partial charge in [0.25, 0.3) is 0 Å². The maximum atomic E-state index is 12.4. The van der Waals surface area contributed by atoms with E-state index in [1.165, 1.54) is 0 Å². The zero-order chi connectivity index (χ0) is 16.7. The summed E-state index contributed by atoms with van der Waals surface area (Å²) in [5, 5.41) is 1.65. The van der Waals surface area contributed by atoms with E-state index in [1.807, 2.05) is 61.5 Å². The molecule has 4 heteroatoms. The first-order valence-electron chi connectivity index (χ1n) is 7.75. The number of rotatable bonds is 3. The molecule has 0 amide bonds. The second kappa shape index (κ2) is 5.49. The summed E-state index contributed by atoms with van der Waals surface area (Å²) in [4.78, 5) is 24.6. The molecule has 118 valence electrons. The Morgan fingerprint density at radius 3 is 2.12 bits per heavy atom. The Balaban J connectivity index is 2.21. The molecule has 0 unspecified atom stereocenters. The van der Waals surface area contributed by atoms with Crippen molar-refractivity contribution in [1.29, 1.82) is 0 Å². The zero-order valence-corrected chi connectivity index (χ0v) is 13.0. The number of hydrogen-bond donors (Lipinski definition) is 0. The van der Waals surface area contributed by atoms with Gasteiger partial charge in [0.05, 0.1) is 12.2 Å². The van der Waals surface area contributed by atoms with Crippen LogP contribution in [0.25, 0.3) is 21.9 Å². The van der Waals surface area contributed by atoms with Gasteiger partial charge in [0.2, 0.25) is 0 Å². The van der Waals surface area contributed by atoms with Crippen LogP contribution in [0.1, 0.15) is 27.6 Å². The third-order valence-corrected chi connectivity index (χ3v) is 4.11. The van der Waals surface area contributed by atoms with E-state index in [2.05, 4.69) is 0 Å². The van der Waals surface area contributed by atoms with Crippen molar-refractivity contribution >= 4 is 22.7 Å². The summed E-state index contributed by atoms with van der Waals surface area (Å²) in [6.45, 7) is 2.23. The minimum atomic E-state index is -0.651. The second-order valence-electron chi connectivity index (χ2n) is 5.48. The minimum Gasteiger partial charge on any atom is -0.492 e. The number of benzene rings is 3. The monoisotopic (exact) mass is 318 g/mol. The van der Waals surface area contributed by atoms with Gasteiger partial charge in [-0.25, -0.2) is 9.59 Å². The van der Waals surface area contributed by atoms with Crippen LogP contribution in [0.3, 0.4) is 0 Å². The van der Waals surface area contributed by atoms with Gasteiger partial charge in [-0.3, -0.25) is 0 Å². The highest BCUT2D eigenvalue weighted by atomic mass is 16.6. The van der Waals surface area contributed by atoms with Crippen molar-refractivity contribution in [3.63, 3.8) is 0 Å². The van der Waals surface area contributed by atoms with Gasteiger partial charge in [0.15, 0.2) is 0 Å². The first-order valence-corrected chi connectivity index (χ1v) is 7.75. The summed E-state index contributed by atoms with van der Waals surface area (Å²) in [5.74, 6) is -0.861. The number of carbonyl (C=O) groups is 2. The van der Waals surface area contributed by atoms with Gasteiger partial charge < -0.3 is 9.47 Å². The lowest BCUT2D eigenvalue weighted by atomic mass is 9.89. The lowest BCUT2D eigenvalue weighted by Crippen LogP contribution is -2.04. The molecule has 1 heterocycles. The molecule has 4 rings (SSSR count). The molecular formula is C20H14O4. The molecule has 0 bridgehead atoms. The van der Waals surface area contributed by atoms with Gasteiger partial charge in [-0.15, -0.1) is 0 Å². The van der Waals surface area contributed by atoms with Gasteiger partial charge in [0, 0.05) is 10.9 Å². The van der Waals surface area contributed by atoms with Crippen molar-refractivity contribution in [3.8, 4) is 16.9 Å². The van der Waals surface area contributed by atoms with Gasteiger partial charge in [0.1, 0.15) is 11.3 Å². The Bertz CT molecular complexity index is 974. The molecule has 1 aliphatic heterocycles. The fraction of sp³-hybridized carbons (Fsp3) is 0.100. The van der Waals surface area contributed by atoms with Crippen LogP contribution in [-0.2, 0) is 4.74 Å². The minimum absolute atomic E-state index is 0.222. The molecule has 0 N–H and O–H groups in total. The molecule has 3 aromatic carbocycles. The van der Waals surface area contributed by atoms with E-state index in [0.29, 0.717) is 17.9 Å². The highest BCUT2D eigenvalue weighted by Crippen LogP contribution is 2.44. The van der Waals surface area contributed by atoms with Crippen molar-refractivity contribution in [2.24, 2.45) is 0 Å². The van der Waals surface area contributed by atoms with Crippen LogP contribution < -0.4 is 4.74 Å². The molecule has 0 saturated heterocycles. The molecule has 0 saturated carbocycles. The first kappa shape index (κ1) is 14.5. The number of carbonyl (C=O) groups excluding carboxylic acids is 2. The Labute approximate surface area is 138 Å².